The largest absolute Gasteiger partial charge is 0.403 e. The second-order valence-electron chi connectivity index (χ2n) is 5.20. The number of nitro benzene ring substituents is 1. The number of carbonyl (C=O) groups excluding carboxylic acids is 1. The third-order valence-corrected chi connectivity index (χ3v) is 4.24. The molecule has 26 heavy (non-hydrogen) atoms. The predicted molar refractivity (Wildman–Crippen MR) is 100 cm³/mol. The molecule has 0 fully saturated rings. The monoisotopic (exact) mass is 388 g/mol. The Balaban J connectivity index is 1.84. The molecule has 0 N–H and O–H groups in total. The minimum Gasteiger partial charge on any atom is -0.403 e. The summed E-state index contributed by atoms with van der Waals surface area (Å²) in [5.41, 5.74) is 1.16. The number of nitro groups is 1. The Labute approximate surface area is 158 Å². The molecule has 0 bridgehead atoms. The summed E-state index contributed by atoms with van der Waals surface area (Å²) >= 11 is 12.0. The molecule has 6 nitrogen and oxygen atoms in total. The number of hydrogen-bond acceptors (Lipinski definition) is 5. The number of non-ortho nitro benzene ring substituents is 1. The molecular formula is C18H10Cl2N2O4. The van der Waals surface area contributed by atoms with Crippen molar-refractivity contribution in [2.24, 2.45) is 4.99 Å². The van der Waals surface area contributed by atoms with Crippen LogP contribution in [-0.2, 0) is 9.53 Å². The topological polar surface area (TPSA) is 81.8 Å². The second kappa shape index (κ2) is 7.51. The van der Waals surface area contributed by atoms with Gasteiger partial charge in [0.2, 0.25) is 5.90 Å². The molecule has 0 amide bonds. The van der Waals surface area contributed by atoms with Crippen LogP contribution in [0.5, 0.6) is 0 Å². The summed E-state index contributed by atoms with van der Waals surface area (Å²) in [4.78, 5) is 26.3. The number of esters is 1. The van der Waals surface area contributed by atoms with Gasteiger partial charge in [-0.25, -0.2) is 9.79 Å². The van der Waals surface area contributed by atoms with Gasteiger partial charge in [-0.15, -0.1) is 0 Å². The number of cyclic esters (lactones) is 1. The molecule has 0 aromatic heterocycles. The molecule has 1 aliphatic heterocycles. The van der Waals surface area contributed by atoms with Crippen LogP contribution >= 0.6 is 23.2 Å². The van der Waals surface area contributed by atoms with E-state index < -0.39 is 10.9 Å². The number of nitrogens with zero attached hydrogens (tertiary/aromatic N) is 2. The van der Waals surface area contributed by atoms with Gasteiger partial charge in [-0.05, 0) is 29.3 Å². The van der Waals surface area contributed by atoms with Crippen LogP contribution < -0.4 is 0 Å². The standard InChI is InChI=1S/C18H10Cl2N2O4/c19-14-6-2-4-12(17(14)20)10-15-18(23)26-16(21-15)8-7-11-3-1-5-13(9-11)22(24)25/h1-10H/b8-7+,15-10+. The molecule has 130 valence electrons. The van der Waals surface area contributed by atoms with Gasteiger partial charge < -0.3 is 4.74 Å². The average molecular weight is 389 g/mol. The van der Waals surface area contributed by atoms with Crippen LogP contribution in [0.15, 0.2) is 59.2 Å². The van der Waals surface area contributed by atoms with Gasteiger partial charge in [0.05, 0.1) is 15.0 Å². The Morgan fingerprint density at radius 1 is 1.12 bits per heavy atom. The lowest BCUT2D eigenvalue weighted by Gasteiger charge is -1.99. The molecule has 0 radical (unpaired) electrons. The number of rotatable bonds is 4. The summed E-state index contributed by atoms with van der Waals surface area (Å²) in [5, 5.41) is 11.5. The van der Waals surface area contributed by atoms with Gasteiger partial charge in [-0.1, -0.05) is 47.5 Å². The lowest BCUT2D eigenvalue weighted by atomic mass is 10.2. The highest BCUT2D eigenvalue weighted by Crippen LogP contribution is 2.28. The van der Waals surface area contributed by atoms with E-state index >= 15 is 0 Å². The molecule has 0 spiro atoms. The zero-order chi connectivity index (χ0) is 18.7. The summed E-state index contributed by atoms with van der Waals surface area (Å²) in [5.74, 6) is -0.550. The first-order chi connectivity index (χ1) is 12.4. The van der Waals surface area contributed by atoms with Crippen LogP contribution in [0.1, 0.15) is 11.1 Å². The Kier molecular flexibility index (Phi) is 5.16. The molecule has 3 rings (SSSR count). The fourth-order valence-corrected chi connectivity index (χ4v) is 2.55. The van der Waals surface area contributed by atoms with Crippen molar-refractivity contribution in [3.8, 4) is 0 Å². The van der Waals surface area contributed by atoms with E-state index in [0.29, 0.717) is 21.2 Å². The number of aliphatic imine (C=N–C) groups is 1. The summed E-state index contributed by atoms with van der Waals surface area (Å²) in [6, 6.07) is 11.1. The molecule has 0 atom stereocenters. The molecule has 2 aromatic rings. The average Bonchev–Trinajstić information content (AvgIpc) is 2.97. The highest BCUT2D eigenvalue weighted by atomic mass is 35.5. The summed E-state index contributed by atoms with van der Waals surface area (Å²) in [6.07, 6.45) is 4.50. The SMILES string of the molecule is O=C1OC(/C=C/c2cccc([N+](=O)[O-])c2)=NC/1=C/c1cccc(Cl)c1Cl. The Morgan fingerprint density at radius 2 is 1.88 bits per heavy atom. The first kappa shape index (κ1) is 17.8. The van der Waals surface area contributed by atoms with Gasteiger partial charge in [-0.3, -0.25) is 10.1 Å². The van der Waals surface area contributed by atoms with Crippen LogP contribution in [0.4, 0.5) is 5.69 Å². The fourth-order valence-electron chi connectivity index (χ4n) is 2.19. The molecule has 1 heterocycles. The van der Waals surface area contributed by atoms with Crippen LogP contribution in [0, 0.1) is 10.1 Å². The molecule has 2 aromatic carbocycles. The van der Waals surface area contributed by atoms with Crippen LogP contribution in [-0.4, -0.2) is 16.8 Å². The van der Waals surface area contributed by atoms with Crippen molar-refractivity contribution in [3.63, 3.8) is 0 Å². The smallest absolute Gasteiger partial charge is 0.363 e. The van der Waals surface area contributed by atoms with Gasteiger partial charge in [0.25, 0.3) is 5.69 Å². The Morgan fingerprint density at radius 3 is 2.65 bits per heavy atom. The van der Waals surface area contributed by atoms with E-state index in [1.807, 2.05) is 0 Å². The first-order valence-electron chi connectivity index (χ1n) is 7.33. The van der Waals surface area contributed by atoms with Gasteiger partial charge in [0, 0.05) is 18.2 Å². The van der Waals surface area contributed by atoms with Crippen LogP contribution in [0.2, 0.25) is 10.0 Å². The number of benzene rings is 2. The van der Waals surface area contributed by atoms with E-state index in [-0.39, 0.29) is 17.3 Å². The number of ether oxygens (including phenoxy) is 1. The number of carbonyl (C=O) groups is 1. The van der Waals surface area contributed by atoms with Crippen molar-refractivity contribution >= 4 is 52.9 Å². The maximum atomic E-state index is 11.9. The zero-order valence-electron chi connectivity index (χ0n) is 13.1. The number of hydrogen-bond donors (Lipinski definition) is 0. The van der Waals surface area contributed by atoms with Crippen molar-refractivity contribution in [3.05, 3.63) is 85.5 Å². The van der Waals surface area contributed by atoms with Crippen molar-refractivity contribution in [2.45, 2.75) is 0 Å². The number of halogens is 2. The summed E-state index contributed by atoms with van der Waals surface area (Å²) < 4.78 is 5.06. The molecule has 0 aliphatic carbocycles. The molecular weight excluding hydrogens is 379 g/mol. The minimum absolute atomic E-state index is 0.0336. The van der Waals surface area contributed by atoms with Crippen LogP contribution in [0.25, 0.3) is 12.2 Å². The lowest BCUT2D eigenvalue weighted by molar-refractivity contribution is -0.384. The van der Waals surface area contributed by atoms with E-state index in [0.717, 1.165) is 0 Å². The second-order valence-corrected chi connectivity index (χ2v) is 5.98. The summed E-state index contributed by atoms with van der Waals surface area (Å²) in [6.45, 7) is 0. The molecule has 0 unspecified atom stereocenters. The van der Waals surface area contributed by atoms with E-state index in [4.69, 9.17) is 27.9 Å². The highest BCUT2D eigenvalue weighted by Gasteiger charge is 2.21. The van der Waals surface area contributed by atoms with E-state index in [1.165, 1.54) is 24.3 Å². The minimum atomic E-state index is -0.625. The molecule has 8 heteroatoms. The van der Waals surface area contributed by atoms with E-state index in [1.54, 1.807) is 36.4 Å². The summed E-state index contributed by atoms with van der Waals surface area (Å²) in [7, 11) is 0. The molecule has 0 saturated heterocycles. The molecule has 0 saturated carbocycles. The predicted octanol–water partition coefficient (Wildman–Crippen LogP) is 4.91. The van der Waals surface area contributed by atoms with Crippen molar-refractivity contribution < 1.29 is 14.5 Å². The van der Waals surface area contributed by atoms with Gasteiger partial charge in [0.15, 0.2) is 5.70 Å². The van der Waals surface area contributed by atoms with Gasteiger partial charge in [-0.2, -0.15) is 0 Å². The zero-order valence-corrected chi connectivity index (χ0v) is 14.6. The van der Waals surface area contributed by atoms with Crippen molar-refractivity contribution in [1.82, 2.24) is 0 Å². The highest BCUT2D eigenvalue weighted by molar-refractivity contribution is 6.43. The van der Waals surface area contributed by atoms with Gasteiger partial charge in [0.1, 0.15) is 0 Å². The van der Waals surface area contributed by atoms with E-state index in [2.05, 4.69) is 4.99 Å². The van der Waals surface area contributed by atoms with E-state index in [9.17, 15) is 14.9 Å². The fraction of sp³-hybridized carbons (Fsp3) is 0. The van der Waals surface area contributed by atoms with Crippen LogP contribution in [0.3, 0.4) is 0 Å². The van der Waals surface area contributed by atoms with Gasteiger partial charge >= 0.3 is 5.97 Å². The maximum Gasteiger partial charge on any atom is 0.363 e. The third-order valence-electron chi connectivity index (χ3n) is 3.41. The van der Waals surface area contributed by atoms with Crippen molar-refractivity contribution in [2.75, 3.05) is 0 Å². The first-order valence-corrected chi connectivity index (χ1v) is 8.09. The normalized spacial score (nSPS) is 15.4. The maximum absolute atomic E-state index is 11.9. The Bertz CT molecular complexity index is 996. The lowest BCUT2D eigenvalue weighted by Crippen LogP contribution is -2.01. The third kappa shape index (κ3) is 3.99. The van der Waals surface area contributed by atoms with Crippen molar-refractivity contribution in [1.29, 1.82) is 0 Å². The quantitative estimate of drug-likeness (QED) is 0.322. The molecule has 1 aliphatic rings. The Hall–Kier alpha value is -2.96.